The van der Waals surface area contributed by atoms with E-state index in [2.05, 4.69) is 23.5 Å². The summed E-state index contributed by atoms with van der Waals surface area (Å²) in [5.74, 6) is 0.302. The molecule has 2 aromatic rings. The van der Waals surface area contributed by atoms with E-state index in [9.17, 15) is 4.79 Å². The number of hydrogen-bond acceptors (Lipinski definition) is 3. The third-order valence-corrected chi connectivity index (χ3v) is 3.45. The van der Waals surface area contributed by atoms with E-state index in [-0.39, 0.29) is 0 Å². The van der Waals surface area contributed by atoms with Crippen LogP contribution in [0.1, 0.15) is 27.0 Å². The topological polar surface area (TPSA) is 64.4 Å². The third-order valence-electron chi connectivity index (χ3n) is 3.45. The Balaban J connectivity index is 1.65. The molecule has 0 fully saturated rings. The van der Waals surface area contributed by atoms with Crippen molar-refractivity contribution in [2.24, 2.45) is 5.73 Å². The standard InChI is InChI=1S/C16H16N2O2/c17-16(19)12-3-5-15(6-4-12)20-10-11-1-2-13-8-18-9-14(13)7-11/h1-7,18H,8-10H2,(H2,17,19). The molecule has 0 aliphatic carbocycles. The Bertz CT molecular complexity index is 635. The van der Waals surface area contributed by atoms with E-state index in [0.29, 0.717) is 12.2 Å². The second-order valence-corrected chi connectivity index (χ2v) is 4.88. The Labute approximate surface area is 117 Å². The van der Waals surface area contributed by atoms with Crippen molar-refractivity contribution in [3.63, 3.8) is 0 Å². The van der Waals surface area contributed by atoms with Gasteiger partial charge in [0.05, 0.1) is 0 Å². The Morgan fingerprint density at radius 3 is 2.60 bits per heavy atom. The molecule has 1 heterocycles. The van der Waals surface area contributed by atoms with Crippen LogP contribution in [0.25, 0.3) is 0 Å². The Kier molecular flexibility index (Phi) is 3.39. The van der Waals surface area contributed by atoms with Crippen LogP contribution >= 0.6 is 0 Å². The Morgan fingerprint density at radius 2 is 1.85 bits per heavy atom. The first-order valence-electron chi connectivity index (χ1n) is 6.56. The number of carbonyl (C=O) groups excluding carboxylic acids is 1. The Morgan fingerprint density at radius 1 is 1.10 bits per heavy atom. The van der Waals surface area contributed by atoms with Crippen molar-refractivity contribution in [3.05, 3.63) is 64.7 Å². The van der Waals surface area contributed by atoms with E-state index in [4.69, 9.17) is 10.5 Å². The van der Waals surface area contributed by atoms with E-state index in [0.717, 1.165) is 24.4 Å². The largest absolute Gasteiger partial charge is 0.489 e. The van der Waals surface area contributed by atoms with E-state index in [1.54, 1.807) is 24.3 Å². The number of ether oxygens (including phenoxy) is 1. The van der Waals surface area contributed by atoms with Crippen molar-refractivity contribution in [1.29, 1.82) is 0 Å². The minimum absolute atomic E-state index is 0.428. The highest BCUT2D eigenvalue weighted by Crippen LogP contribution is 2.19. The summed E-state index contributed by atoms with van der Waals surface area (Å²) in [5, 5.41) is 3.32. The first-order valence-corrected chi connectivity index (χ1v) is 6.56. The third kappa shape index (κ3) is 2.65. The fourth-order valence-corrected chi connectivity index (χ4v) is 2.32. The van der Waals surface area contributed by atoms with Gasteiger partial charge in [0, 0.05) is 18.7 Å². The lowest BCUT2D eigenvalue weighted by Crippen LogP contribution is -2.10. The molecule has 0 atom stereocenters. The van der Waals surface area contributed by atoms with Crippen molar-refractivity contribution in [3.8, 4) is 5.75 Å². The highest BCUT2D eigenvalue weighted by Gasteiger charge is 2.10. The molecule has 4 nitrogen and oxygen atoms in total. The summed E-state index contributed by atoms with van der Waals surface area (Å²) in [7, 11) is 0. The van der Waals surface area contributed by atoms with Gasteiger partial charge in [-0.05, 0) is 41.0 Å². The number of nitrogens with one attached hydrogen (secondary N) is 1. The number of primary amides is 1. The minimum Gasteiger partial charge on any atom is -0.489 e. The fourth-order valence-electron chi connectivity index (χ4n) is 2.32. The van der Waals surface area contributed by atoms with Gasteiger partial charge in [-0.3, -0.25) is 4.79 Å². The van der Waals surface area contributed by atoms with Gasteiger partial charge in [0.2, 0.25) is 5.91 Å². The van der Waals surface area contributed by atoms with E-state index >= 15 is 0 Å². The van der Waals surface area contributed by atoms with Crippen molar-refractivity contribution < 1.29 is 9.53 Å². The summed E-state index contributed by atoms with van der Waals surface area (Å²) >= 11 is 0. The molecule has 0 spiro atoms. The quantitative estimate of drug-likeness (QED) is 0.891. The first-order chi connectivity index (χ1) is 9.72. The van der Waals surface area contributed by atoms with Crippen LogP contribution in [0.3, 0.4) is 0 Å². The number of benzene rings is 2. The maximum absolute atomic E-state index is 11.0. The fraction of sp³-hybridized carbons (Fsp3) is 0.188. The molecule has 0 saturated heterocycles. The maximum atomic E-state index is 11.0. The Hall–Kier alpha value is -2.33. The van der Waals surface area contributed by atoms with Crippen LogP contribution in [0.15, 0.2) is 42.5 Å². The summed E-state index contributed by atoms with van der Waals surface area (Å²) < 4.78 is 5.71. The number of fused-ring (bicyclic) bond motifs is 1. The predicted molar refractivity (Wildman–Crippen MR) is 76.3 cm³/mol. The maximum Gasteiger partial charge on any atom is 0.248 e. The van der Waals surface area contributed by atoms with Gasteiger partial charge < -0.3 is 15.8 Å². The summed E-state index contributed by atoms with van der Waals surface area (Å²) in [4.78, 5) is 11.0. The van der Waals surface area contributed by atoms with Crippen molar-refractivity contribution in [1.82, 2.24) is 5.32 Å². The molecule has 1 aliphatic rings. The van der Waals surface area contributed by atoms with Gasteiger partial charge in [0.15, 0.2) is 0 Å². The van der Waals surface area contributed by atoms with E-state index in [1.807, 2.05) is 0 Å². The van der Waals surface area contributed by atoms with E-state index in [1.165, 1.54) is 11.1 Å². The smallest absolute Gasteiger partial charge is 0.248 e. The zero-order valence-corrected chi connectivity index (χ0v) is 11.1. The van der Waals surface area contributed by atoms with Crippen molar-refractivity contribution in [2.45, 2.75) is 19.7 Å². The molecule has 0 radical (unpaired) electrons. The molecule has 0 saturated carbocycles. The average molecular weight is 268 g/mol. The predicted octanol–water partition coefficient (Wildman–Crippen LogP) is 1.97. The highest BCUT2D eigenvalue weighted by molar-refractivity contribution is 5.92. The average Bonchev–Trinajstić information content (AvgIpc) is 2.93. The molecule has 20 heavy (non-hydrogen) atoms. The zero-order valence-electron chi connectivity index (χ0n) is 11.1. The summed E-state index contributed by atoms with van der Waals surface area (Å²) in [6.45, 7) is 2.39. The van der Waals surface area contributed by atoms with Crippen LogP contribution in [0, 0.1) is 0 Å². The SMILES string of the molecule is NC(=O)c1ccc(OCc2ccc3c(c2)CNC3)cc1. The van der Waals surface area contributed by atoms with Crippen molar-refractivity contribution in [2.75, 3.05) is 0 Å². The number of carbonyl (C=O) groups is 1. The van der Waals surface area contributed by atoms with Gasteiger partial charge in [-0.25, -0.2) is 0 Å². The van der Waals surface area contributed by atoms with Gasteiger partial charge >= 0.3 is 0 Å². The lowest BCUT2D eigenvalue weighted by Gasteiger charge is -2.08. The number of rotatable bonds is 4. The lowest BCUT2D eigenvalue weighted by molar-refractivity contribution is 0.100. The molecule has 0 unspecified atom stereocenters. The van der Waals surface area contributed by atoms with Crippen LogP contribution in [0.2, 0.25) is 0 Å². The first kappa shape index (κ1) is 12.7. The van der Waals surface area contributed by atoms with Crippen LogP contribution in [-0.2, 0) is 19.7 Å². The molecular weight excluding hydrogens is 252 g/mol. The van der Waals surface area contributed by atoms with Crippen LogP contribution in [-0.4, -0.2) is 5.91 Å². The second kappa shape index (κ2) is 5.35. The number of nitrogens with two attached hydrogens (primary N) is 1. The highest BCUT2D eigenvalue weighted by atomic mass is 16.5. The van der Waals surface area contributed by atoms with Gasteiger partial charge in [-0.15, -0.1) is 0 Å². The number of hydrogen-bond donors (Lipinski definition) is 2. The molecule has 0 bridgehead atoms. The molecular formula is C16H16N2O2. The normalized spacial score (nSPS) is 13.0. The molecule has 4 heteroatoms. The summed E-state index contributed by atoms with van der Waals surface area (Å²) in [6, 6.07) is 13.3. The monoisotopic (exact) mass is 268 g/mol. The van der Waals surface area contributed by atoms with Crippen LogP contribution in [0.4, 0.5) is 0 Å². The second-order valence-electron chi connectivity index (χ2n) is 4.88. The van der Waals surface area contributed by atoms with E-state index < -0.39 is 5.91 Å². The zero-order chi connectivity index (χ0) is 13.9. The van der Waals surface area contributed by atoms with Gasteiger partial charge in [0.25, 0.3) is 0 Å². The molecule has 3 rings (SSSR count). The van der Waals surface area contributed by atoms with Gasteiger partial charge in [-0.2, -0.15) is 0 Å². The van der Waals surface area contributed by atoms with Gasteiger partial charge in [-0.1, -0.05) is 18.2 Å². The molecule has 3 N–H and O–H groups in total. The minimum atomic E-state index is -0.428. The van der Waals surface area contributed by atoms with Crippen molar-refractivity contribution >= 4 is 5.91 Å². The number of amides is 1. The molecule has 2 aromatic carbocycles. The lowest BCUT2D eigenvalue weighted by atomic mass is 10.1. The summed E-state index contributed by atoms with van der Waals surface area (Å²) in [6.07, 6.45) is 0. The molecule has 1 aliphatic heterocycles. The molecule has 102 valence electrons. The van der Waals surface area contributed by atoms with Gasteiger partial charge in [0.1, 0.15) is 12.4 Å². The molecule has 1 amide bonds. The molecule has 0 aromatic heterocycles. The summed E-state index contributed by atoms with van der Waals surface area (Å²) in [5.41, 5.74) is 9.53. The van der Waals surface area contributed by atoms with Crippen LogP contribution < -0.4 is 15.8 Å². The van der Waals surface area contributed by atoms with Crippen LogP contribution in [0.5, 0.6) is 5.75 Å².